The third-order valence-corrected chi connectivity index (χ3v) is 6.16. The van der Waals surface area contributed by atoms with E-state index in [1.807, 2.05) is 91.3 Å². The van der Waals surface area contributed by atoms with Crippen molar-refractivity contribution in [1.29, 1.82) is 0 Å². The van der Waals surface area contributed by atoms with E-state index in [2.05, 4.69) is 15.7 Å². The minimum absolute atomic E-state index is 0.0694. The number of aryl methyl sites for hydroxylation is 1. The van der Waals surface area contributed by atoms with Gasteiger partial charge in [0.05, 0.1) is 12.2 Å². The van der Waals surface area contributed by atoms with Gasteiger partial charge in [-0.2, -0.15) is 5.10 Å². The molecule has 3 aromatic carbocycles. The number of carbonyl (C=O) groups excluding carboxylic acids is 2. The highest BCUT2D eigenvalue weighted by atomic mass is 16.1. The van der Waals surface area contributed by atoms with E-state index in [1.54, 1.807) is 13.1 Å². The average molecular weight is 467 g/mol. The van der Waals surface area contributed by atoms with E-state index in [1.165, 1.54) is 0 Å². The fraction of sp³-hybridized carbons (Fsp3) is 0.207. The summed E-state index contributed by atoms with van der Waals surface area (Å²) >= 11 is 0. The van der Waals surface area contributed by atoms with E-state index in [-0.39, 0.29) is 11.7 Å². The van der Waals surface area contributed by atoms with Crippen molar-refractivity contribution in [3.05, 3.63) is 118 Å². The number of benzene rings is 3. The third kappa shape index (κ3) is 5.84. The molecule has 35 heavy (non-hydrogen) atoms. The number of aromatic nitrogens is 2. The quantitative estimate of drug-likeness (QED) is 0.343. The molecular weight excluding hydrogens is 436 g/mol. The molecule has 0 saturated carbocycles. The minimum atomic E-state index is -0.117. The molecule has 0 unspecified atom stereocenters. The molecular formula is C29H30N4O2. The van der Waals surface area contributed by atoms with Gasteiger partial charge in [-0.25, -0.2) is 0 Å². The Balaban J connectivity index is 1.42. The third-order valence-electron chi connectivity index (χ3n) is 6.16. The van der Waals surface area contributed by atoms with E-state index in [9.17, 15) is 9.59 Å². The number of hydrogen-bond donors (Lipinski definition) is 2. The maximum Gasteiger partial charge on any atom is 0.251 e. The second kappa shape index (κ2) is 10.8. The molecule has 1 aromatic heterocycles. The Morgan fingerprint density at radius 2 is 1.60 bits per heavy atom. The summed E-state index contributed by atoms with van der Waals surface area (Å²) < 4.78 is 1.90. The molecule has 0 spiro atoms. The molecule has 0 saturated heterocycles. The second-order valence-electron chi connectivity index (χ2n) is 8.60. The molecule has 0 aliphatic rings. The Kier molecular flexibility index (Phi) is 7.41. The van der Waals surface area contributed by atoms with Gasteiger partial charge in [0, 0.05) is 48.1 Å². The number of rotatable bonds is 9. The number of nitrogens with one attached hydrogen (secondary N) is 2. The first kappa shape index (κ1) is 24.0. The zero-order chi connectivity index (χ0) is 24.8. The summed E-state index contributed by atoms with van der Waals surface area (Å²) in [6.45, 7) is 5.16. The fourth-order valence-electron chi connectivity index (χ4n) is 4.10. The van der Waals surface area contributed by atoms with Crippen LogP contribution in [-0.4, -0.2) is 28.5 Å². The minimum Gasteiger partial charge on any atom is -0.381 e. The Labute approximate surface area is 206 Å². The number of carbonyl (C=O) groups is 2. The van der Waals surface area contributed by atoms with Gasteiger partial charge in [-0.15, -0.1) is 0 Å². The maximum absolute atomic E-state index is 13.0. The SMILES string of the molecule is CNC(=O)c1cccc(Cn2nc(C)c(CC(=O)c3ccc(CNc4ccccc4)cc3)c2C)c1. The van der Waals surface area contributed by atoms with E-state index < -0.39 is 0 Å². The van der Waals surface area contributed by atoms with Gasteiger partial charge < -0.3 is 10.6 Å². The van der Waals surface area contributed by atoms with Crippen LogP contribution in [0.1, 0.15) is 48.8 Å². The molecule has 1 amide bonds. The highest BCUT2D eigenvalue weighted by molar-refractivity contribution is 5.97. The van der Waals surface area contributed by atoms with Crippen LogP contribution in [-0.2, 0) is 19.5 Å². The van der Waals surface area contributed by atoms with Crippen molar-refractivity contribution >= 4 is 17.4 Å². The molecule has 1 heterocycles. The summed E-state index contributed by atoms with van der Waals surface area (Å²) in [6, 6.07) is 25.3. The molecule has 4 aromatic rings. The lowest BCUT2D eigenvalue weighted by atomic mass is 10.0. The Morgan fingerprint density at radius 3 is 2.31 bits per heavy atom. The molecule has 0 aliphatic carbocycles. The zero-order valence-corrected chi connectivity index (χ0v) is 20.3. The van der Waals surface area contributed by atoms with Gasteiger partial charge in [0.2, 0.25) is 0 Å². The van der Waals surface area contributed by atoms with Gasteiger partial charge in [0.25, 0.3) is 5.91 Å². The molecule has 0 radical (unpaired) electrons. The predicted octanol–water partition coefficient (Wildman–Crippen LogP) is 4.95. The normalized spacial score (nSPS) is 10.7. The summed E-state index contributed by atoms with van der Waals surface area (Å²) in [5.41, 5.74) is 7.23. The van der Waals surface area contributed by atoms with Gasteiger partial charge in [0.1, 0.15) is 0 Å². The van der Waals surface area contributed by atoms with Crippen LogP contribution in [0.4, 0.5) is 5.69 Å². The van der Waals surface area contributed by atoms with Gasteiger partial charge in [-0.3, -0.25) is 14.3 Å². The first-order valence-corrected chi connectivity index (χ1v) is 11.7. The number of hydrogen-bond acceptors (Lipinski definition) is 4. The smallest absolute Gasteiger partial charge is 0.251 e. The number of amides is 1. The summed E-state index contributed by atoms with van der Waals surface area (Å²) in [5.74, 6) is -0.0479. The molecule has 0 aliphatic heterocycles. The maximum atomic E-state index is 13.0. The number of nitrogens with zero attached hydrogens (tertiary/aromatic N) is 2. The lowest BCUT2D eigenvalue weighted by Gasteiger charge is -2.08. The monoisotopic (exact) mass is 466 g/mol. The summed E-state index contributed by atoms with van der Waals surface area (Å²) in [5, 5.41) is 10.7. The highest BCUT2D eigenvalue weighted by Gasteiger charge is 2.17. The van der Waals surface area contributed by atoms with Gasteiger partial charge in [-0.05, 0) is 49.2 Å². The van der Waals surface area contributed by atoms with E-state index in [0.717, 1.165) is 33.8 Å². The number of para-hydroxylation sites is 1. The van der Waals surface area contributed by atoms with Crippen molar-refractivity contribution in [3.8, 4) is 0 Å². The van der Waals surface area contributed by atoms with E-state index >= 15 is 0 Å². The van der Waals surface area contributed by atoms with Crippen molar-refractivity contribution in [2.45, 2.75) is 33.4 Å². The molecule has 0 bridgehead atoms. The summed E-state index contributed by atoms with van der Waals surface area (Å²) in [6.07, 6.45) is 0.303. The van der Waals surface area contributed by atoms with Crippen LogP contribution in [0.2, 0.25) is 0 Å². The van der Waals surface area contributed by atoms with E-state index in [4.69, 9.17) is 0 Å². The first-order valence-electron chi connectivity index (χ1n) is 11.7. The van der Waals surface area contributed by atoms with Crippen molar-refractivity contribution < 1.29 is 9.59 Å². The van der Waals surface area contributed by atoms with E-state index in [0.29, 0.717) is 30.6 Å². The van der Waals surface area contributed by atoms with Crippen LogP contribution in [0, 0.1) is 13.8 Å². The van der Waals surface area contributed by atoms with Crippen molar-refractivity contribution in [3.63, 3.8) is 0 Å². The lowest BCUT2D eigenvalue weighted by Crippen LogP contribution is -2.18. The summed E-state index contributed by atoms with van der Waals surface area (Å²) in [7, 11) is 1.62. The Bertz CT molecular complexity index is 1320. The molecule has 0 fully saturated rings. The molecule has 0 atom stereocenters. The summed E-state index contributed by atoms with van der Waals surface area (Å²) in [4.78, 5) is 25.0. The lowest BCUT2D eigenvalue weighted by molar-refractivity contribution is 0.0961. The van der Waals surface area contributed by atoms with Crippen molar-refractivity contribution in [2.75, 3.05) is 12.4 Å². The number of anilines is 1. The fourth-order valence-corrected chi connectivity index (χ4v) is 4.10. The van der Waals surface area contributed by atoms with Crippen LogP contribution < -0.4 is 10.6 Å². The molecule has 4 rings (SSSR count). The van der Waals surface area contributed by atoms with Gasteiger partial charge in [0.15, 0.2) is 5.78 Å². The topological polar surface area (TPSA) is 76.0 Å². The molecule has 6 nitrogen and oxygen atoms in total. The standard InChI is InChI=1S/C29H30N4O2/c1-20-27(21(2)33(32-20)19-23-8-7-9-25(16-23)29(35)30-3)17-28(34)24-14-12-22(13-15-24)18-31-26-10-5-4-6-11-26/h4-16,31H,17-19H2,1-3H3,(H,30,35). The highest BCUT2D eigenvalue weighted by Crippen LogP contribution is 2.19. The van der Waals surface area contributed by atoms with Crippen molar-refractivity contribution in [1.82, 2.24) is 15.1 Å². The van der Waals surface area contributed by atoms with Crippen LogP contribution in [0.25, 0.3) is 0 Å². The second-order valence-corrected chi connectivity index (χ2v) is 8.60. The molecule has 178 valence electrons. The van der Waals surface area contributed by atoms with Gasteiger partial charge in [-0.1, -0.05) is 54.6 Å². The molecule has 6 heteroatoms. The number of Topliss-reactive ketones (excluding diaryl/α,β-unsaturated/α-hetero) is 1. The van der Waals surface area contributed by atoms with Crippen molar-refractivity contribution in [2.24, 2.45) is 0 Å². The van der Waals surface area contributed by atoms with Crippen LogP contribution in [0.5, 0.6) is 0 Å². The average Bonchev–Trinajstić information content (AvgIpc) is 3.15. The largest absolute Gasteiger partial charge is 0.381 e. The zero-order valence-electron chi connectivity index (χ0n) is 20.3. The van der Waals surface area contributed by atoms with Crippen LogP contribution in [0.3, 0.4) is 0 Å². The number of ketones is 1. The van der Waals surface area contributed by atoms with Crippen LogP contribution >= 0.6 is 0 Å². The first-order chi connectivity index (χ1) is 16.9. The predicted molar refractivity (Wildman–Crippen MR) is 139 cm³/mol. The van der Waals surface area contributed by atoms with Crippen LogP contribution in [0.15, 0.2) is 78.9 Å². The molecule has 2 N–H and O–H groups in total. The Morgan fingerprint density at radius 1 is 0.857 bits per heavy atom. The Hall–Kier alpha value is -4.19. The van der Waals surface area contributed by atoms with Gasteiger partial charge >= 0.3 is 0 Å².